The molecule has 0 amide bonds. The van der Waals surface area contributed by atoms with Gasteiger partial charge in [-0.1, -0.05) is 158 Å². The fraction of sp³-hybridized carbons (Fsp3) is 0. The van der Waals surface area contributed by atoms with Crippen LogP contribution < -0.4 is 9.64 Å². The molecule has 3 heteroatoms. The van der Waals surface area contributed by atoms with E-state index in [9.17, 15) is 0 Å². The van der Waals surface area contributed by atoms with Gasteiger partial charge in [-0.15, -0.1) is 11.3 Å². The van der Waals surface area contributed by atoms with Crippen LogP contribution in [0.5, 0.6) is 11.5 Å². The van der Waals surface area contributed by atoms with Crippen LogP contribution in [-0.2, 0) is 0 Å². The van der Waals surface area contributed by atoms with Gasteiger partial charge in [0.25, 0.3) is 0 Å². The maximum atomic E-state index is 6.71. The Morgan fingerprint density at radius 2 is 0.714 bits per heavy atom. The van der Waals surface area contributed by atoms with E-state index in [1.165, 1.54) is 74.0 Å². The van der Waals surface area contributed by atoms with Crippen molar-refractivity contribution in [1.82, 2.24) is 0 Å². The van der Waals surface area contributed by atoms with Crippen LogP contribution in [0.3, 0.4) is 0 Å². The summed E-state index contributed by atoms with van der Waals surface area (Å²) in [5.74, 6) is 1.70. The highest BCUT2D eigenvalue weighted by molar-refractivity contribution is 7.25. The van der Waals surface area contributed by atoms with Gasteiger partial charge in [0.1, 0.15) is 11.5 Å². The number of fused-ring (bicyclic) bond motifs is 18. The number of ether oxygens (including phenoxy) is 1. The summed E-state index contributed by atoms with van der Waals surface area (Å²) in [5.41, 5.74) is 7.64. The van der Waals surface area contributed by atoms with Gasteiger partial charge >= 0.3 is 0 Å². The number of nitrogens with zero attached hydrogens (tertiary/aromatic N) is 1. The number of anilines is 3. The molecular weight excluding hydrogens is 783 g/mol. The summed E-state index contributed by atoms with van der Waals surface area (Å²) in [4.78, 5) is 2.39. The highest BCUT2D eigenvalue weighted by atomic mass is 32.1. The third-order valence-electron chi connectivity index (χ3n) is 12.9. The first kappa shape index (κ1) is 35.7. The number of hydrogen-bond donors (Lipinski definition) is 0. The fourth-order valence-corrected chi connectivity index (χ4v) is 11.2. The van der Waals surface area contributed by atoms with Crippen molar-refractivity contribution >= 4 is 102 Å². The van der Waals surface area contributed by atoms with E-state index in [0.717, 1.165) is 50.8 Å². The lowest BCUT2D eigenvalue weighted by molar-refractivity contribution is 0.488. The van der Waals surface area contributed by atoms with Crippen molar-refractivity contribution in [3.63, 3.8) is 0 Å². The molecule has 294 valence electrons. The summed E-state index contributed by atoms with van der Waals surface area (Å²) in [5, 5.41) is 14.7. The third-order valence-corrected chi connectivity index (χ3v) is 14.0. The van der Waals surface area contributed by atoms with Crippen molar-refractivity contribution in [3.05, 3.63) is 224 Å². The molecule has 0 spiro atoms. The minimum Gasteiger partial charge on any atom is -0.456 e. The van der Waals surface area contributed by atoms with Crippen molar-refractivity contribution in [2.45, 2.75) is 0 Å². The van der Waals surface area contributed by atoms with E-state index in [-0.39, 0.29) is 0 Å². The molecule has 0 unspecified atom stereocenters. The van der Waals surface area contributed by atoms with Gasteiger partial charge in [0, 0.05) is 48.4 Å². The fourth-order valence-electron chi connectivity index (χ4n) is 10.0. The van der Waals surface area contributed by atoms with Gasteiger partial charge in [0.2, 0.25) is 0 Å². The second kappa shape index (κ2) is 14.3. The van der Waals surface area contributed by atoms with Crippen LogP contribution in [0.4, 0.5) is 17.1 Å². The molecule has 1 aliphatic rings. The minimum absolute atomic E-state index is 0.840. The first-order valence-corrected chi connectivity index (χ1v) is 22.3. The zero-order chi connectivity index (χ0) is 41.4. The molecule has 2 heterocycles. The third kappa shape index (κ3) is 5.71. The normalized spacial score (nSPS) is 11.9. The van der Waals surface area contributed by atoms with Crippen LogP contribution in [-0.4, -0.2) is 0 Å². The van der Waals surface area contributed by atoms with E-state index in [0.29, 0.717) is 0 Å². The minimum atomic E-state index is 0.840. The number of hydrogen-bond acceptors (Lipinski definition) is 3. The number of thiophene rings is 1. The summed E-state index contributed by atoms with van der Waals surface area (Å²) in [6, 6.07) is 82.0. The molecule has 0 saturated carbocycles. The molecule has 0 aliphatic carbocycles. The van der Waals surface area contributed by atoms with Crippen molar-refractivity contribution in [1.29, 1.82) is 0 Å². The summed E-state index contributed by atoms with van der Waals surface area (Å²) < 4.78 is 9.30. The molecule has 63 heavy (non-hydrogen) atoms. The van der Waals surface area contributed by atoms with Crippen LogP contribution in [0, 0.1) is 0 Å². The zero-order valence-corrected chi connectivity index (χ0v) is 34.9. The molecule has 0 radical (unpaired) electrons. The van der Waals surface area contributed by atoms with E-state index >= 15 is 0 Å². The summed E-state index contributed by atoms with van der Waals surface area (Å²) in [6.07, 6.45) is 0. The maximum Gasteiger partial charge on any atom is 0.135 e. The Morgan fingerprint density at radius 1 is 0.254 bits per heavy atom. The first-order chi connectivity index (χ1) is 31.2. The zero-order valence-electron chi connectivity index (χ0n) is 34.1. The molecule has 0 saturated heterocycles. The maximum absolute atomic E-state index is 6.71. The van der Waals surface area contributed by atoms with E-state index in [1.54, 1.807) is 0 Å². The Labute approximate surface area is 368 Å². The van der Waals surface area contributed by atoms with Gasteiger partial charge < -0.3 is 9.64 Å². The monoisotopic (exact) mass is 819 g/mol. The van der Waals surface area contributed by atoms with Gasteiger partial charge in [-0.3, -0.25) is 0 Å². The van der Waals surface area contributed by atoms with E-state index < -0.39 is 0 Å². The van der Waals surface area contributed by atoms with Crippen molar-refractivity contribution < 1.29 is 4.74 Å². The average Bonchev–Trinajstić information content (AvgIpc) is 3.65. The molecule has 0 atom stereocenters. The topological polar surface area (TPSA) is 12.5 Å². The van der Waals surface area contributed by atoms with Crippen molar-refractivity contribution in [2.75, 3.05) is 4.90 Å². The van der Waals surface area contributed by atoms with Gasteiger partial charge in [-0.05, 0) is 132 Å². The van der Waals surface area contributed by atoms with Crippen LogP contribution in [0.1, 0.15) is 0 Å². The lowest BCUT2D eigenvalue weighted by atomic mass is 9.93. The highest BCUT2D eigenvalue weighted by Crippen LogP contribution is 2.49. The van der Waals surface area contributed by atoms with Gasteiger partial charge in [-0.2, -0.15) is 0 Å². The SMILES string of the molecule is c1ccc(N(c2ccc3c(c2)-c2ccccc2-c2ccccc2O3)c2ccc3c(c2)c2ccccc2c2ccccc2c2ccccc2c2cc4c(cc32)sc2ccccc24)cc1. The molecule has 0 N–H and O–H groups in total. The summed E-state index contributed by atoms with van der Waals surface area (Å²) in [6.45, 7) is 0. The Morgan fingerprint density at radius 3 is 1.40 bits per heavy atom. The van der Waals surface area contributed by atoms with E-state index in [2.05, 4.69) is 223 Å². The molecule has 12 aromatic rings. The van der Waals surface area contributed by atoms with Gasteiger partial charge in [0.05, 0.1) is 0 Å². The molecule has 13 rings (SSSR count). The number of benzene rings is 10. The van der Waals surface area contributed by atoms with Crippen LogP contribution >= 0.6 is 11.3 Å². The van der Waals surface area contributed by atoms with Crippen molar-refractivity contribution in [3.8, 4) is 33.8 Å². The van der Waals surface area contributed by atoms with Crippen LogP contribution in [0.15, 0.2) is 224 Å². The average molecular weight is 820 g/mol. The van der Waals surface area contributed by atoms with Crippen LogP contribution in [0.2, 0.25) is 0 Å². The van der Waals surface area contributed by atoms with E-state index in [4.69, 9.17) is 4.74 Å². The Balaban J connectivity index is 1.16. The van der Waals surface area contributed by atoms with Crippen LogP contribution in [0.25, 0.3) is 96.3 Å². The van der Waals surface area contributed by atoms with Gasteiger partial charge in [-0.25, -0.2) is 0 Å². The lowest BCUT2D eigenvalue weighted by Gasteiger charge is -2.27. The first-order valence-electron chi connectivity index (χ1n) is 21.5. The Hall–Kier alpha value is -7.98. The molecule has 1 aliphatic heterocycles. The summed E-state index contributed by atoms with van der Waals surface area (Å²) in [7, 11) is 0. The molecule has 0 fully saturated rings. The highest BCUT2D eigenvalue weighted by Gasteiger charge is 2.23. The van der Waals surface area contributed by atoms with E-state index in [1.807, 2.05) is 17.4 Å². The molecule has 1 aromatic heterocycles. The predicted molar refractivity (Wildman–Crippen MR) is 270 cm³/mol. The predicted octanol–water partition coefficient (Wildman–Crippen LogP) is 17.9. The lowest BCUT2D eigenvalue weighted by Crippen LogP contribution is -2.10. The molecule has 2 nitrogen and oxygen atoms in total. The standard InChI is InChI=1S/C60H37NOS/c1-2-16-38(17-3-1)61(40-31-33-58-55(35-40)48-25-11-8-22-45(48)50-26-12-14-28-57(50)62-58)39-30-32-49-52(34-39)46-23-9-6-20-43(46)41-18-4-5-19-42(41)44-21-7-10-24-47(44)53-36-56-51-27-13-15-29-59(51)63-60(56)37-54(49)53/h1-37H. The number of rotatable bonds is 3. The Bertz CT molecular complexity index is 3900. The molecule has 0 bridgehead atoms. The smallest absolute Gasteiger partial charge is 0.135 e. The quantitative estimate of drug-likeness (QED) is 0.176. The van der Waals surface area contributed by atoms with Gasteiger partial charge in [0.15, 0.2) is 0 Å². The largest absolute Gasteiger partial charge is 0.456 e. The molecular formula is C60H37NOS. The summed E-state index contributed by atoms with van der Waals surface area (Å²) >= 11 is 1.87. The second-order valence-electron chi connectivity index (χ2n) is 16.4. The Kier molecular flexibility index (Phi) is 8.12. The van der Waals surface area contributed by atoms with Crippen molar-refractivity contribution in [2.24, 2.45) is 0 Å². The number of para-hydroxylation sites is 2. The second-order valence-corrected chi connectivity index (χ2v) is 17.4. The molecule has 11 aromatic carbocycles.